The van der Waals surface area contributed by atoms with Crippen molar-refractivity contribution in [1.82, 2.24) is 4.98 Å². The summed E-state index contributed by atoms with van der Waals surface area (Å²) < 4.78 is 39.9. The van der Waals surface area contributed by atoms with Crippen LogP contribution in [-0.4, -0.2) is 22.4 Å². The second-order valence-electron chi connectivity index (χ2n) is 3.00. The van der Waals surface area contributed by atoms with Crippen molar-refractivity contribution in [3.63, 3.8) is 0 Å². The highest BCUT2D eigenvalue weighted by atomic mass is 32.1. The third-order valence-corrected chi connectivity index (χ3v) is 2.78. The van der Waals surface area contributed by atoms with E-state index in [1.807, 2.05) is 0 Å². The van der Waals surface area contributed by atoms with E-state index >= 15 is 0 Å². The Balaban J connectivity index is 2.40. The molecule has 2 aromatic rings. The zero-order valence-electron chi connectivity index (χ0n) is 7.99. The van der Waals surface area contributed by atoms with Gasteiger partial charge in [0.25, 0.3) is 0 Å². The van der Waals surface area contributed by atoms with Crippen molar-refractivity contribution in [3.05, 3.63) is 23.2 Å². The lowest BCUT2D eigenvalue weighted by molar-refractivity contribution is -0.274. The zero-order chi connectivity index (χ0) is 12.6. The van der Waals surface area contributed by atoms with Crippen LogP contribution in [0, 0.1) is 0 Å². The first-order valence-electron chi connectivity index (χ1n) is 4.25. The lowest BCUT2D eigenvalue weighted by atomic mass is 10.3. The van der Waals surface area contributed by atoms with Crippen LogP contribution in [0.2, 0.25) is 0 Å². The lowest BCUT2D eigenvalue weighted by Crippen LogP contribution is -2.16. The molecule has 8 heteroatoms. The summed E-state index contributed by atoms with van der Waals surface area (Å²) in [5, 5.41) is 8.50. The molecular weight excluding hydrogens is 259 g/mol. The van der Waals surface area contributed by atoms with Gasteiger partial charge in [-0.25, -0.2) is 9.78 Å². The number of carboxylic acid groups (broad SMARTS) is 1. The third kappa shape index (κ3) is 2.64. The number of rotatable bonds is 2. The van der Waals surface area contributed by atoms with Crippen LogP contribution in [0.15, 0.2) is 18.2 Å². The maximum absolute atomic E-state index is 11.9. The summed E-state index contributed by atoms with van der Waals surface area (Å²) in [6, 6.07) is 3.47. The predicted molar refractivity (Wildman–Crippen MR) is 53.3 cm³/mol. The van der Waals surface area contributed by atoms with E-state index in [1.165, 1.54) is 6.07 Å². The molecule has 0 amide bonds. The average molecular weight is 263 g/mol. The Morgan fingerprint density at radius 3 is 2.71 bits per heavy atom. The van der Waals surface area contributed by atoms with Crippen LogP contribution in [0.25, 0.3) is 10.2 Å². The number of carboxylic acids is 1. The summed E-state index contributed by atoms with van der Waals surface area (Å²) in [6.45, 7) is 0. The summed E-state index contributed by atoms with van der Waals surface area (Å²) >= 11 is 0.788. The Hall–Kier alpha value is -1.83. The molecule has 0 radical (unpaired) electrons. The maximum Gasteiger partial charge on any atom is 0.573 e. The van der Waals surface area contributed by atoms with Gasteiger partial charge in [-0.05, 0) is 18.2 Å². The van der Waals surface area contributed by atoms with E-state index in [0.717, 1.165) is 23.5 Å². The predicted octanol–water partition coefficient (Wildman–Crippen LogP) is 2.89. The van der Waals surface area contributed by atoms with Crippen molar-refractivity contribution in [3.8, 4) is 5.75 Å². The minimum atomic E-state index is -4.77. The number of carbonyl (C=O) groups is 1. The van der Waals surface area contributed by atoms with Crippen LogP contribution in [0.5, 0.6) is 5.75 Å². The number of halogens is 3. The number of nitrogens with zero attached hydrogens (tertiary/aromatic N) is 1. The van der Waals surface area contributed by atoms with Crippen molar-refractivity contribution in [2.24, 2.45) is 0 Å². The largest absolute Gasteiger partial charge is 0.573 e. The molecule has 0 spiro atoms. The van der Waals surface area contributed by atoms with Crippen LogP contribution < -0.4 is 4.74 Å². The lowest BCUT2D eigenvalue weighted by Gasteiger charge is -2.07. The highest BCUT2D eigenvalue weighted by molar-refractivity contribution is 7.20. The van der Waals surface area contributed by atoms with Gasteiger partial charge in [0.15, 0.2) is 0 Å². The topological polar surface area (TPSA) is 59.4 Å². The number of benzene rings is 1. The molecule has 0 fully saturated rings. The first-order chi connectivity index (χ1) is 7.85. The van der Waals surface area contributed by atoms with E-state index in [4.69, 9.17) is 5.11 Å². The summed E-state index contributed by atoms with van der Waals surface area (Å²) in [7, 11) is 0. The molecule has 1 heterocycles. The fourth-order valence-electron chi connectivity index (χ4n) is 1.19. The number of ether oxygens (including phenoxy) is 1. The van der Waals surface area contributed by atoms with E-state index in [-0.39, 0.29) is 5.01 Å². The number of thiazole rings is 1. The average Bonchev–Trinajstić information content (AvgIpc) is 2.57. The SMILES string of the molecule is O=C(O)c1nc2ccc(OC(F)(F)F)cc2s1. The highest BCUT2D eigenvalue weighted by Crippen LogP contribution is 2.29. The van der Waals surface area contributed by atoms with E-state index in [2.05, 4.69) is 9.72 Å². The molecule has 1 aromatic carbocycles. The zero-order valence-corrected chi connectivity index (χ0v) is 8.80. The second-order valence-corrected chi connectivity index (χ2v) is 4.03. The van der Waals surface area contributed by atoms with Gasteiger partial charge in [-0.1, -0.05) is 0 Å². The van der Waals surface area contributed by atoms with Crippen molar-refractivity contribution < 1.29 is 27.8 Å². The molecule has 1 N–H and O–H groups in total. The standard InChI is InChI=1S/C9H4F3NO3S/c10-9(11,12)16-4-1-2-5-6(3-4)17-7(13-5)8(14)15/h1-3H,(H,14,15). The number of alkyl halides is 3. The number of aromatic nitrogens is 1. The number of fused-ring (bicyclic) bond motifs is 1. The molecule has 0 saturated carbocycles. The summed E-state index contributed by atoms with van der Waals surface area (Å²) in [5.74, 6) is -1.62. The van der Waals surface area contributed by atoms with Crippen molar-refractivity contribution >= 4 is 27.5 Å². The van der Waals surface area contributed by atoms with Gasteiger partial charge in [0.1, 0.15) is 5.75 Å². The molecule has 1 aromatic heterocycles. The molecule has 90 valence electrons. The quantitative estimate of drug-likeness (QED) is 0.905. The Morgan fingerprint density at radius 1 is 1.41 bits per heavy atom. The van der Waals surface area contributed by atoms with Crippen LogP contribution >= 0.6 is 11.3 Å². The Labute approximate surface area is 96.3 Å². The van der Waals surface area contributed by atoms with Gasteiger partial charge < -0.3 is 9.84 Å². The maximum atomic E-state index is 11.9. The van der Waals surface area contributed by atoms with Gasteiger partial charge in [0.05, 0.1) is 10.2 Å². The van der Waals surface area contributed by atoms with E-state index in [0.29, 0.717) is 10.2 Å². The van der Waals surface area contributed by atoms with Crippen molar-refractivity contribution in [2.75, 3.05) is 0 Å². The van der Waals surface area contributed by atoms with Crippen LogP contribution in [0.3, 0.4) is 0 Å². The number of aromatic carboxylic acids is 1. The molecule has 0 aliphatic carbocycles. The van der Waals surface area contributed by atoms with Gasteiger partial charge in [-0.2, -0.15) is 0 Å². The van der Waals surface area contributed by atoms with Gasteiger partial charge in [0.2, 0.25) is 5.01 Å². The molecule has 4 nitrogen and oxygen atoms in total. The normalized spacial score (nSPS) is 11.7. The molecule has 2 rings (SSSR count). The summed E-state index contributed by atoms with van der Waals surface area (Å²) in [5.41, 5.74) is 0.321. The summed E-state index contributed by atoms with van der Waals surface area (Å²) in [6.07, 6.45) is -4.77. The highest BCUT2D eigenvalue weighted by Gasteiger charge is 2.31. The van der Waals surface area contributed by atoms with Crippen molar-refractivity contribution in [1.29, 1.82) is 0 Å². The van der Waals surface area contributed by atoms with E-state index < -0.39 is 18.1 Å². The van der Waals surface area contributed by atoms with E-state index in [9.17, 15) is 18.0 Å². The fourth-order valence-corrected chi connectivity index (χ4v) is 2.03. The van der Waals surface area contributed by atoms with Gasteiger partial charge in [-0.15, -0.1) is 24.5 Å². The smallest absolute Gasteiger partial charge is 0.476 e. The number of hydrogen-bond donors (Lipinski definition) is 1. The molecule has 0 atom stereocenters. The van der Waals surface area contributed by atoms with Gasteiger partial charge in [-0.3, -0.25) is 0 Å². The van der Waals surface area contributed by atoms with E-state index in [1.54, 1.807) is 0 Å². The molecule has 0 unspecified atom stereocenters. The van der Waals surface area contributed by atoms with Crippen LogP contribution in [-0.2, 0) is 0 Å². The molecular formula is C9H4F3NO3S. The Kier molecular flexibility index (Phi) is 2.66. The first-order valence-corrected chi connectivity index (χ1v) is 5.06. The molecule has 0 bridgehead atoms. The van der Waals surface area contributed by atoms with Gasteiger partial charge in [0, 0.05) is 0 Å². The molecule has 0 aliphatic heterocycles. The fraction of sp³-hybridized carbons (Fsp3) is 0.111. The Morgan fingerprint density at radius 2 is 2.12 bits per heavy atom. The Bertz CT molecular complexity index is 578. The first kappa shape index (κ1) is 11.6. The van der Waals surface area contributed by atoms with Crippen molar-refractivity contribution in [2.45, 2.75) is 6.36 Å². The van der Waals surface area contributed by atoms with Crippen LogP contribution in [0.1, 0.15) is 9.80 Å². The van der Waals surface area contributed by atoms with Crippen LogP contribution in [0.4, 0.5) is 13.2 Å². The second kappa shape index (κ2) is 3.88. The third-order valence-electron chi connectivity index (χ3n) is 1.78. The minimum absolute atomic E-state index is 0.177. The monoisotopic (exact) mass is 263 g/mol. The van der Waals surface area contributed by atoms with Gasteiger partial charge >= 0.3 is 12.3 Å². The molecule has 0 aliphatic rings. The molecule has 17 heavy (non-hydrogen) atoms. The molecule has 0 saturated heterocycles. The number of hydrogen-bond acceptors (Lipinski definition) is 4. The summed E-state index contributed by atoms with van der Waals surface area (Å²) in [4.78, 5) is 14.4. The minimum Gasteiger partial charge on any atom is -0.476 e.